The molecule has 0 aliphatic rings. The molecule has 0 saturated carbocycles. The van der Waals surface area contributed by atoms with Gasteiger partial charge in [-0.1, -0.05) is 6.92 Å². The third-order valence-electron chi connectivity index (χ3n) is 2.69. The van der Waals surface area contributed by atoms with Gasteiger partial charge < -0.3 is 20.8 Å². The summed E-state index contributed by atoms with van der Waals surface area (Å²) in [4.78, 5) is 8.12. The third-order valence-corrected chi connectivity index (χ3v) is 3.44. The first-order chi connectivity index (χ1) is 8.12. The number of halogens is 1. The van der Waals surface area contributed by atoms with Crippen molar-refractivity contribution < 1.29 is 10.2 Å². The molecule has 1 aromatic rings. The highest BCUT2D eigenvalue weighted by atomic mass is 79.9. The Morgan fingerprint density at radius 2 is 1.88 bits per heavy atom. The molecule has 0 atom stereocenters. The minimum absolute atomic E-state index is 0.175. The molecule has 0 aromatic carbocycles. The monoisotopic (exact) mass is 304 g/mol. The first kappa shape index (κ1) is 14.1. The molecule has 0 aliphatic carbocycles. The van der Waals surface area contributed by atoms with Crippen molar-refractivity contribution in [2.24, 2.45) is 0 Å². The number of rotatable bonds is 6. The van der Waals surface area contributed by atoms with E-state index in [1.807, 2.05) is 6.92 Å². The number of hydrogen-bond donors (Lipinski definition) is 4. The average Bonchev–Trinajstić information content (AvgIpc) is 2.38. The van der Waals surface area contributed by atoms with Crippen LogP contribution in [-0.2, 0) is 0 Å². The van der Waals surface area contributed by atoms with Crippen molar-refractivity contribution in [1.82, 2.24) is 9.97 Å². The molecule has 4 N–H and O–H groups in total. The van der Waals surface area contributed by atoms with Gasteiger partial charge in [0.25, 0.3) is 0 Å². The average molecular weight is 305 g/mol. The summed E-state index contributed by atoms with van der Waals surface area (Å²) >= 11 is 3.37. The molecule has 0 spiro atoms. The molecule has 0 fully saturated rings. The second-order valence-corrected chi connectivity index (χ2v) is 4.50. The van der Waals surface area contributed by atoms with Gasteiger partial charge in [0.15, 0.2) is 0 Å². The van der Waals surface area contributed by atoms with Crippen LogP contribution in [0.5, 0.6) is 0 Å². The molecule has 6 nitrogen and oxygen atoms in total. The lowest BCUT2D eigenvalue weighted by Gasteiger charge is -2.30. The van der Waals surface area contributed by atoms with E-state index in [4.69, 9.17) is 0 Å². The molecule has 7 heteroatoms. The van der Waals surface area contributed by atoms with Gasteiger partial charge in [0.05, 0.1) is 18.8 Å². The number of nitrogens with one attached hydrogen (secondary N) is 2. The Hall–Kier alpha value is -0.920. The Morgan fingerprint density at radius 1 is 1.29 bits per heavy atom. The minimum Gasteiger partial charge on any atom is -0.394 e. The predicted molar refractivity (Wildman–Crippen MR) is 70.1 cm³/mol. The van der Waals surface area contributed by atoms with Gasteiger partial charge in [-0.15, -0.1) is 0 Å². The van der Waals surface area contributed by atoms with E-state index in [1.165, 1.54) is 6.33 Å². The molecule has 0 amide bonds. The Labute approximate surface area is 109 Å². The van der Waals surface area contributed by atoms with E-state index >= 15 is 0 Å². The fraction of sp³-hybridized carbons (Fsp3) is 0.600. The summed E-state index contributed by atoms with van der Waals surface area (Å²) in [5.74, 6) is 1.18. The smallest absolute Gasteiger partial charge is 0.146 e. The van der Waals surface area contributed by atoms with Crippen molar-refractivity contribution in [3.63, 3.8) is 0 Å². The van der Waals surface area contributed by atoms with Crippen LogP contribution in [0.2, 0.25) is 0 Å². The number of aliphatic hydroxyl groups is 2. The van der Waals surface area contributed by atoms with E-state index in [9.17, 15) is 10.2 Å². The molecular weight excluding hydrogens is 288 g/mol. The zero-order valence-electron chi connectivity index (χ0n) is 9.87. The maximum Gasteiger partial charge on any atom is 0.146 e. The molecule has 17 heavy (non-hydrogen) atoms. The molecule has 96 valence electrons. The number of nitrogens with zero attached hydrogens (tertiary/aromatic N) is 2. The third kappa shape index (κ3) is 3.05. The van der Waals surface area contributed by atoms with Crippen LogP contribution >= 0.6 is 15.9 Å². The van der Waals surface area contributed by atoms with Crippen LogP contribution in [0.15, 0.2) is 10.8 Å². The van der Waals surface area contributed by atoms with Crippen LogP contribution in [0.3, 0.4) is 0 Å². The minimum atomic E-state index is -0.776. The zero-order valence-corrected chi connectivity index (χ0v) is 11.5. The van der Waals surface area contributed by atoms with Crippen molar-refractivity contribution in [2.75, 3.05) is 30.9 Å². The van der Waals surface area contributed by atoms with Gasteiger partial charge in [0, 0.05) is 7.05 Å². The first-order valence-electron chi connectivity index (χ1n) is 5.30. The fourth-order valence-corrected chi connectivity index (χ4v) is 1.83. The first-order valence-corrected chi connectivity index (χ1v) is 6.10. The molecule has 0 saturated heterocycles. The lowest BCUT2D eigenvalue weighted by molar-refractivity contribution is 0.132. The van der Waals surface area contributed by atoms with Crippen LogP contribution in [0.25, 0.3) is 0 Å². The van der Waals surface area contributed by atoms with Crippen molar-refractivity contribution in [3.8, 4) is 0 Å². The lowest BCUT2D eigenvalue weighted by atomic mass is 9.98. The number of anilines is 2. The highest BCUT2D eigenvalue weighted by molar-refractivity contribution is 9.10. The summed E-state index contributed by atoms with van der Waals surface area (Å²) in [6.45, 7) is 1.53. The Bertz CT molecular complexity index is 363. The zero-order chi connectivity index (χ0) is 12.9. The highest BCUT2D eigenvalue weighted by Gasteiger charge is 2.28. The molecular formula is C10H17BrN4O2. The number of aromatic nitrogens is 2. The predicted octanol–water partition coefficient (Wildman–Crippen LogP) is 0.826. The Morgan fingerprint density at radius 3 is 2.35 bits per heavy atom. The standard InChI is InChI=1S/C10H17BrN4O2/c1-3-10(4-16,5-17)15-9-7(11)8(12-2)13-6-14-9/h6,16-17H,3-5H2,1-2H3,(H2,12,13,14,15). The molecule has 0 aliphatic heterocycles. The molecule has 0 radical (unpaired) electrons. The molecule has 0 bridgehead atoms. The van der Waals surface area contributed by atoms with Gasteiger partial charge in [-0.05, 0) is 22.4 Å². The van der Waals surface area contributed by atoms with E-state index in [1.54, 1.807) is 7.05 Å². The number of aliphatic hydroxyl groups excluding tert-OH is 2. The summed E-state index contributed by atoms with van der Waals surface area (Å²) in [5, 5.41) is 24.7. The van der Waals surface area contributed by atoms with E-state index in [0.29, 0.717) is 22.5 Å². The largest absolute Gasteiger partial charge is 0.394 e. The van der Waals surface area contributed by atoms with Gasteiger partial charge in [0.2, 0.25) is 0 Å². The highest BCUT2D eigenvalue weighted by Crippen LogP contribution is 2.28. The van der Waals surface area contributed by atoms with Crippen LogP contribution in [-0.4, -0.2) is 46.0 Å². The van der Waals surface area contributed by atoms with Crippen LogP contribution < -0.4 is 10.6 Å². The lowest BCUT2D eigenvalue weighted by Crippen LogP contribution is -2.45. The number of hydrogen-bond acceptors (Lipinski definition) is 6. The Kier molecular flexibility index (Phi) is 5.10. The van der Waals surface area contributed by atoms with E-state index in [-0.39, 0.29) is 13.2 Å². The van der Waals surface area contributed by atoms with Gasteiger partial charge in [-0.2, -0.15) is 0 Å². The summed E-state index contributed by atoms with van der Waals surface area (Å²) in [7, 11) is 1.75. The Balaban J connectivity index is 3.01. The summed E-state index contributed by atoms with van der Waals surface area (Å²) in [6, 6.07) is 0. The van der Waals surface area contributed by atoms with Gasteiger partial charge in [0.1, 0.15) is 22.4 Å². The van der Waals surface area contributed by atoms with E-state index in [0.717, 1.165) is 0 Å². The van der Waals surface area contributed by atoms with Crippen molar-refractivity contribution in [1.29, 1.82) is 0 Å². The quantitative estimate of drug-likeness (QED) is 0.622. The molecule has 1 heterocycles. The molecule has 1 rings (SSSR count). The second-order valence-electron chi connectivity index (χ2n) is 3.71. The van der Waals surface area contributed by atoms with Crippen LogP contribution in [0.4, 0.5) is 11.6 Å². The van der Waals surface area contributed by atoms with Crippen molar-refractivity contribution in [3.05, 3.63) is 10.8 Å². The summed E-state index contributed by atoms with van der Waals surface area (Å²) < 4.78 is 0.669. The van der Waals surface area contributed by atoms with E-state index < -0.39 is 5.54 Å². The van der Waals surface area contributed by atoms with Crippen molar-refractivity contribution in [2.45, 2.75) is 18.9 Å². The summed E-state index contributed by atoms with van der Waals surface area (Å²) in [6.07, 6.45) is 1.99. The van der Waals surface area contributed by atoms with Crippen LogP contribution in [0, 0.1) is 0 Å². The molecule has 0 unspecified atom stereocenters. The van der Waals surface area contributed by atoms with Gasteiger partial charge in [-0.25, -0.2) is 9.97 Å². The normalized spacial score (nSPS) is 11.4. The van der Waals surface area contributed by atoms with E-state index in [2.05, 4.69) is 36.5 Å². The summed E-state index contributed by atoms with van der Waals surface area (Å²) in [5.41, 5.74) is -0.776. The van der Waals surface area contributed by atoms with Crippen LogP contribution in [0.1, 0.15) is 13.3 Å². The SMILES string of the molecule is CCC(CO)(CO)Nc1ncnc(NC)c1Br. The second kappa shape index (κ2) is 6.13. The van der Waals surface area contributed by atoms with Gasteiger partial charge in [-0.3, -0.25) is 0 Å². The topological polar surface area (TPSA) is 90.3 Å². The maximum atomic E-state index is 9.36. The fourth-order valence-electron chi connectivity index (χ4n) is 1.32. The molecule has 1 aromatic heterocycles. The van der Waals surface area contributed by atoms with Crippen molar-refractivity contribution >= 4 is 27.6 Å². The maximum absolute atomic E-state index is 9.36. The van der Waals surface area contributed by atoms with Gasteiger partial charge >= 0.3 is 0 Å².